The molecule has 6 nitrogen and oxygen atoms in total. The zero-order valence-corrected chi connectivity index (χ0v) is 15.2. The Kier molecular flexibility index (Phi) is 6.91. The van der Waals surface area contributed by atoms with E-state index in [1.54, 1.807) is 24.9 Å². The summed E-state index contributed by atoms with van der Waals surface area (Å²) >= 11 is 0. The number of hydrazone groups is 1. The SMILES string of the molecule is C/C(CC(=O)N(C)c1ccccc1)=N/NC(=O)COc1ccccc1C. The predicted molar refractivity (Wildman–Crippen MR) is 102 cm³/mol. The highest BCUT2D eigenvalue weighted by Crippen LogP contribution is 2.15. The summed E-state index contributed by atoms with van der Waals surface area (Å²) in [4.78, 5) is 25.6. The van der Waals surface area contributed by atoms with Crippen molar-refractivity contribution >= 4 is 23.2 Å². The summed E-state index contributed by atoms with van der Waals surface area (Å²) in [6.45, 7) is 3.46. The van der Waals surface area contributed by atoms with Gasteiger partial charge in [-0.25, -0.2) is 5.43 Å². The van der Waals surface area contributed by atoms with Gasteiger partial charge in [0.25, 0.3) is 5.91 Å². The summed E-state index contributed by atoms with van der Waals surface area (Å²) in [7, 11) is 1.71. The minimum atomic E-state index is -0.378. The highest BCUT2D eigenvalue weighted by Gasteiger charge is 2.12. The second kappa shape index (κ2) is 9.36. The van der Waals surface area contributed by atoms with E-state index in [0.29, 0.717) is 11.5 Å². The van der Waals surface area contributed by atoms with Gasteiger partial charge in [-0.05, 0) is 37.6 Å². The van der Waals surface area contributed by atoms with Gasteiger partial charge in [-0.2, -0.15) is 5.10 Å². The number of carbonyl (C=O) groups excluding carboxylic acids is 2. The molecule has 0 aromatic heterocycles. The molecule has 0 heterocycles. The molecule has 2 aromatic rings. The smallest absolute Gasteiger partial charge is 0.277 e. The lowest BCUT2D eigenvalue weighted by molar-refractivity contribution is -0.123. The number of carbonyl (C=O) groups is 2. The van der Waals surface area contributed by atoms with Crippen molar-refractivity contribution < 1.29 is 14.3 Å². The van der Waals surface area contributed by atoms with Crippen molar-refractivity contribution in [3.63, 3.8) is 0 Å². The van der Waals surface area contributed by atoms with Gasteiger partial charge in [-0.15, -0.1) is 0 Å². The Labute approximate surface area is 153 Å². The molecule has 0 bridgehead atoms. The van der Waals surface area contributed by atoms with Crippen molar-refractivity contribution in [2.75, 3.05) is 18.6 Å². The van der Waals surface area contributed by atoms with E-state index < -0.39 is 0 Å². The van der Waals surface area contributed by atoms with E-state index in [0.717, 1.165) is 11.3 Å². The zero-order chi connectivity index (χ0) is 18.9. The molecule has 0 fully saturated rings. The molecule has 0 unspecified atom stereocenters. The van der Waals surface area contributed by atoms with Gasteiger partial charge in [-0.1, -0.05) is 36.4 Å². The van der Waals surface area contributed by atoms with Crippen LogP contribution in [-0.4, -0.2) is 31.2 Å². The van der Waals surface area contributed by atoms with Crippen LogP contribution in [0, 0.1) is 6.92 Å². The Balaban J connectivity index is 1.81. The Morgan fingerprint density at radius 3 is 2.42 bits per heavy atom. The number of anilines is 1. The average Bonchev–Trinajstić information content (AvgIpc) is 2.65. The molecule has 0 radical (unpaired) electrons. The van der Waals surface area contributed by atoms with Gasteiger partial charge in [0.1, 0.15) is 5.75 Å². The van der Waals surface area contributed by atoms with Gasteiger partial charge >= 0.3 is 0 Å². The third-order valence-electron chi connectivity index (χ3n) is 3.75. The molecule has 0 saturated carbocycles. The maximum Gasteiger partial charge on any atom is 0.277 e. The quantitative estimate of drug-likeness (QED) is 0.614. The lowest BCUT2D eigenvalue weighted by atomic mass is 10.2. The molecule has 1 N–H and O–H groups in total. The summed E-state index contributed by atoms with van der Waals surface area (Å²) in [5, 5.41) is 3.96. The van der Waals surface area contributed by atoms with Gasteiger partial charge in [0, 0.05) is 18.4 Å². The van der Waals surface area contributed by atoms with Crippen molar-refractivity contribution in [1.29, 1.82) is 0 Å². The van der Waals surface area contributed by atoms with Crippen LogP contribution in [-0.2, 0) is 9.59 Å². The summed E-state index contributed by atoms with van der Waals surface area (Å²) < 4.78 is 5.45. The molecule has 0 aliphatic carbocycles. The Morgan fingerprint density at radius 2 is 1.73 bits per heavy atom. The molecule has 26 heavy (non-hydrogen) atoms. The van der Waals surface area contributed by atoms with Crippen LogP contribution in [0.15, 0.2) is 59.7 Å². The van der Waals surface area contributed by atoms with Crippen molar-refractivity contribution in [2.45, 2.75) is 20.3 Å². The van der Waals surface area contributed by atoms with E-state index >= 15 is 0 Å². The van der Waals surface area contributed by atoms with Crippen LogP contribution in [0.2, 0.25) is 0 Å². The van der Waals surface area contributed by atoms with E-state index in [1.165, 1.54) is 0 Å². The standard InChI is InChI=1S/C20H23N3O3/c1-15-9-7-8-12-18(15)26-14-19(24)22-21-16(2)13-20(25)23(3)17-10-5-4-6-11-17/h4-12H,13-14H2,1-3H3,(H,22,24)/b21-16-. The van der Waals surface area contributed by atoms with Crippen LogP contribution < -0.4 is 15.1 Å². The van der Waals surface area contributed by atoms with Gasteiger partial charge < -0.3 is 9.64 Å². The fraction of sp³-hybridized carbons (Fsp3) is 0.250. The number of ether oxygens (including phenoxy) is 1. The van der Waals surface area contributed by atoms with Crippen LogP contribution >= 0.6 is 0 Å². The fourth-order valence-corrected chi connectivity index (χ4v) is 2.22. The number of hydrogen-bond acceptors (Lipinski definition) is 4. The predicted octanol–water partition coefficient (Wildman–Crippen LogP) is 2.92. The molecule has 6 heteroatoms. The van der Waals surface area contributed by atoms with Crippen molar-refractivity contribution in [3.05, 3.63) is 60.2 Å². The maximum absolute atomic E-state index is 12.3. The number of rotatable bonds is 7. The first-order valence-corrected chi connectivity index (χ1v) is 8.29. The van der Waals surface area contributed by atoms with Crippen molar-refractivity contribution in [2.24, 2.45) is 5.10 Å². The number of aryl methyl sites for hydroxylation is 1. The first-order valence-electron chi connectivity index (χ1n) is 8.29. The fourth-order valence-electron chi connectivity index (χ4n) is 2.22. The van der Waals surface area contributed by atoms with Crippen LogP contribution in [0.4, 0.5) is 5.69 Å². The van der Waals surface area contributed by atoms with E-state index in [-0.39, 0.29) is 24.8 Å². The summed E-state index contributed by atoms with van der Waals surface area (Å²) in [5.41, 5.74) is 4.68. The number of nitrogens with zero attached hydrogens (tertiary/aromatic N) is 2. The zero-order valence-electron chi connectivity index (χ0n) is 15.2. The van der Waals surface area contributed by atoms with E-state index in [4.69, 9.17) is 4.74 Å². The number of nitrogens with one attached hydrogen (secondary N) is 1. The first-order chi connectivity index (χ1) is 12.5. The summed E-state index contributed by atoms with van der Waals surface area (Å²) in [6, 6.07) is 16.8. The molecular weight excluding hydrogens is 330 g/mol. The third kappa shape index (κ3) is 5.73. The molecule has 2 amide bonds. The normalized spacial score (nSPS) is 11.0. The summed E-state index contributed by atoms with van der Waals surface area (Å²) in [5.74, 6) is 0.169. The van der Waals surface area contributed by atoms with E-state index in [1.807, 2.05) is 55.5 Å². The van der Waals surface area contributed by atoms with E-state index in [9.17, 15) is 9.59 Å². The number of benzene rings is 2. The lowest BCUT2D eigenvalue weighted by Gasteiger charge is -2.17. The third-order valence-corrected chi connectivity index (χ3v) is 3.75. The molecular formula is C20H23N3O3. The molecule has 0 aliphatic heterocycles. The average molecular weight is 353 g/mol. The second-order valence-corrected chi connectivity index (χ2v) is 5.90. The maximum atomic E-state index is 12.3. The van der Waals surface area contributed by atoms with Crippen LogP contribution in [0.25, 0.3) is 0 Å². The number of para-hydroxylation sites is 2. The van der Waals surface area contributed by atoms with Gasteiger partial charge in [0.2, 0.25) is 5.91 Å². The largest absolute Gasteiger partial charge is 0.483 e. The minimum absolute atomic E-state index is 0.108. The Morgan fingerprint density at radius 1 is 1.08 bits per heavy atom. The Bertz CT molecular complexity index is 788. The Hall–Kier alpha value is -3.15. The van der Waals surface area contributed by atoms with Crippen molar-refractivity contribution in [1.82, 2.24) is 5.43 Å². The summed E-state index contributed by atoms with van der Waals surface area (Å²) in [6.07, 6.45) is 0.115. The van der Waals surface area contributed by atoms with Crippen molar-refractivity contribution in [3.8, 4) is 5.75 Å². The molecule has 0 saturated heterocycles. The first kappa shape index (κ1) is 19.2. The topological polar surface area (TPSA) is 71.0 Å². The van der Waals surface area contributed by atoms with Crippen LogP contribution in [0.5, 0.6) is 5.75 Å². The van der Waals surface area contributed by atoms with E-state index in [2.05, 4.69) is 10.5 Å². The monoisotopic (exact) mass is 353 g/mol. The molecule has 0 aliphatic rings. The molecule has 2 rings (SSSR count). The van der Waals surface area contributed by atoms with Gasteiger partial charge in [0.15, 0.2) is 6.61 Å². The highest BCUT2D eigenvalue weighted by atomic mass is 16.5. The van der Waals surface area contributed by atoms with Gasteiger partial charge in [-0.3, -0.25) is 9.59 Å². The molecule has 136 valence electrons. The molecule has 2 aromatic carbocycles. The van der Waals surface area contributed by atoms with Crippen LogP contribution in [0.3, 0.4) is 0 Å². The second-order valence-electron chi connectivity index (χ2n) is 5.90. The minimum Gasteiger partial charge on any atom is -0.483 e. The molecule has 0 atom stereocenters. The lowest BCUT2D eigenvalue weighted by Crippen LogP contribution is -2.29. The number of hydrogen-bond donors (Lipinski definition) is 1. The van der Waals surface area contributed by atoms with Crippen LogP contribution in [0.1, 0.15) is 18.9 Å². The van der Waals surface area contributed by atoms with Gasteiger partial charge in [0.05, 0.1) is 6.42 Å². The number of amides is 2. The highest BCUT2D eigenvalue weighted by molar-refractivity contribution is 6.06. The molecule has 0 spiro atoms.